The van der Waals surface area contributed by atoms with Crippen molar-refractivity contribution in [1.29, 1.82) is 0 Å². The normalized spacial score (nSPS) is 11.8. The van der Waals surface area contributed by atoms with Gasteiger partial charge in [0.1, 0.15) is 0 Å². The fourth-order valence-electron chi connectivity index (χ4n) is 3.16. The van der Waals surface area contributed by atoms with E-state index in [0.29, 0.717) is 11.4 Å². The Bertz CT molecular complexity index is 1230. The van der Waals surface area contributed by atoms with Gasteiger partial charge in [-0.25, -0.2) is 22.5 Å². The van der Waals surface area contributed by atoms with Gasteiger partial charge in [0.15, 0.2) is 5.82 Å². The summed E-state index contributed by atoms with van der Waals surface area (Å²) in [7, 11) is -3.69. The third-order valence-corrected chi connectivity index (χ3v) is 6.38. The Balaban J connectivity index is 1.78. The number of nitrogens with one attached hydrogen (secondary N) is 1. The molecule has 0 unspecified atom stereocenters. The van der Waals surface area contributed by atoms with Crippen LogP contribution in [0.5, 0.6) is 0 Å². The summed E-state index contributed by atoms with van der Waals surface area (Å²) in [5.41, 5.74) is 4.06. The lowest BCUT2D eigenvalue weighted by Crippen LogP contribution is -2.32. The minimum absolute atomic E-state index is 0.0438. The van der Waals surface area contributed by atoms with E-state index in [4.69, 9.17) is 0 Å². The molecular formula is C20H25N5O3S. The lowest BCUT2D eigenvalue weighted by atomic mass is 10.1. The molecule has 0 saturated heterocycles. The van der Waals surface area contributed by atoms with Crippen LogP contribution in [0.25, 0.3) is 5.82 Å². The average molecular weight is 416 g/mol. The number of hydrogen-bond acceptors (Lipinski definition) is 5. The fourth-order valence-corrected chi connectivity index (χ4v) is 4.49. The topological polar surface area (TPSA) is 98.9 Å². The summed E-state index contributed by atoms with van der Waals surface area (Å²) in [6.07, 6.45) is 0. The Morgan fingerprint density at radius 2 is 1.62 bits per heavy atom. The Morgan fingerprint density at radius 3 is 2.28 bits per heavy atom. The molecule has 3 rings (SSSR count). The zero-order chi connectivity index (χ0) is 21.3. The smallest absolute Gasteiger partial charge is 0.266 e. The molecule has 0 radical (unpaired) electrons. The maximum absolute atomic E-state index is 12.7. The monoisotopic (exact) mass is 415 g/mol. The number of nitrogens with zero attached hydrogens (tertiary/aromatic N) is 4. The second-order valence-electron chi connectivity index (χ2n) is 7.19. The second kappa shape index (κ2) is 7.92. The van der Waals surface area contributed by atoms with E-state index < -0.39 is 10.0 Å². The maximum Gasteiger partial charge on any atom is 0.266 e. The van der Waals surface area contributed by atoms with Crippen LogP contribution in [0.4, 0.5) is 0 Å². The summed E-state index contributed by atoms with van der Waals surface area (Å²) < 4.78 is 30.8. The van der Waals surface area contributed by atoms with Crippen molar-refractivity contribution in [2.75, 3.05) is 6.54 Å². The summed E-state index contributed by atoms with van der Waals surface area (Å²) in [5.74, 6) is 0.503. The van der Waals surface area contributed by atoms with Gasteiger partial charge >= 0.3 is 0 Å². The highest BCUT2D eigenvalue weighted by Gasteiger charge is 2.17. The molecule has 1 N–H and O–H groups in total. The van der Waals surface area contributed by atoms with Crippen molar-refractivity contribution in [2.24, 2.45) is 0 Å². The van der Waals surface area contributed by atoms with Gasteiger partial charge in [-0.15, -0.1) is 5.10 Å². The first-order valence-electron chi connectivity index (χ1n) is 9.28. The SMILES string of the molecule is Cc1cc(C)n(-c2ccc(=O)n(CCNS(=O)(=O)c3cc(C)c(C)cc3C)n2)n1. The first-order chi connectivity index (χ1) is 13.6. The van der Waals surface area contributed by atoms with Crippen LogP contribution in [0.3, 0.4) is 0 Å². The van der Waals surface area contributed by atoms with Crippen LogP contribution in [-0.2, 0) is 16.6 Å². The number of sulfonamides is 1. The molecule has 154 valence electrons. The van der Waals surface area contributed by atoms with Crippen LogP contribution < -0.4 is 10.3 Å². The van der Waals surface area contributed by atoms with Crippen molar-refractivity contribution in [3.63, 3.8) is 0 Å². The van der Waals surface area contributed by atoms with Gasteiger partial charge in [-0.05, 0) is 69.5 Å². The van der Waals surface area contributed by atoms with Gasteiger partial charge in [0.2, 0.25) is 10.0 Å². The Labute approximate surface area is 170 Å². The molecule has 8 nitrogen and oxygen atoms in total. The maximum atomic E-state index is 12.7. The van der Waals surface area contributed by atoms with Crippen LogP contribution in [0.2, 0.25) is 0 Å². The van der Waals surface area contributed by atoms with E-state index in [1.807, 2.05) is 39.8 Å². The van der Waals surface area contributed by atoms with Crippen molar-refractivity contribution in [1.82, 2.24) is 24.3 Å². The van der Waals surface area contributed by atoms with Crippen molar-refractivity contribution in [3.8, 4) is 5.82 Å². The quantitative estimate of drug-likeness (QED) is 0.663. The highest BCUT2D eigenvalue weighted by Crippen LogP contribution is 2.19. The number of hydrogen-bond donors (Lipinski definition) is 1. The molecule has 3 aromatic rings. The van der Waals surface area contributed by atoms with Crippen molar-refractivity contribution in [2.45, 2.75) is 46.1 Å². The van der Waals surface area contributed by atoms with Gasteiger partial charge < -0.3 is 0 Å². The van der Waals surface area contributed by atoms with E-state index in [-0.39, 0.29) is 23.5 Å². The van der Waals surface area contributed by atoms with Crippen molar-refractivity contribution in [3.05, 3.63) is 68.8 Å². The largest absolute Gasteiger partial charge is 0.268 e. The zero-order valence-corrected chi connectivity index (χ0v) is 18.0. The van der Waals surface area contributed by atoms with Gasteiger partial charge in [-0.2, -0.15) is 5.10 Å². The predicted molar refractivity (Wildman–Crippen MR) is 111 cm³/mol. The van der Waals surface area contributed by atoms with Crippen LogP contribution in [0.1, 0.15) is 28.1 Å². The number of benzene rings is 1. The van der Waals surface area contributed by atoms with Crippen LogP contribution in [-0.4, -0.2) is 34.5 Å². The number of rotatable bonds is 6. The molecule has 0 bridgehead atoms. The Morgan fingerprint density at radius 1 is 0.931 bits per heavy atom. The number of aryl methyl sites for hydroxylation is 5. The molecule has 0 fully saturated rings. The third-order valence-electron chi connectivity index (χ3n) is 4.78. The summed E-state index contributed by atoms with van der Waals surface area (Å²) in [6.45, 7) is 9.52. The van der Waals surface area contributed by atoms with Crippen LogP contribution >= 0.6 is 0 Å². The molecule has 2 heterocycles. The first-order valence-corrected chi connectivity index (χ1v) is 10.8. The predicted octanol–water partition coefficient (Wildman–Crippen LogP) is 1.95. The molecule has 0 atom stereocenters. The van der Waals surface area contributed by atoms with E-state index in [9.17, 15) is 13.2 Å². The Hall–Kier alpha value is -2.78. The van der Waals surface area contributed by atoms with Crippen molar-refractivity contribution >= 4 is 10.0 Å². The molecule has 0 aliphatic carbocycles. The van der Waals surface area contributed by atoms with E-state index in [1.165, 1.54) is 10.7 Å². The first kappa shape index (κ1) is 20.9. The third kappa shape index (κ3) is 4.46. The molecule has 29 heavy (non-hydrogen) atoms. The summed E-state index contributed by atoms with van der Waals surface area (Å²) in [5, 5.41) is 8.68. The molecule has 0 spiro atoms. The van der Waals surface area contributed by atoms with E-state index in [0.717, 1.165) is 22.5 Å². The van der Waals surface area contributed by atoms with Gasteiger partial charge in [0.25, 0.3) is 5.56 Å². The van der Waals surface area contributed by atoms with Crippen LogP contribution in [0, 0.1) is 34.6 Å². The minimum Gasteiger partial charge on any atom is -0.268 e. The summed E-state index contributed by atoms with van der Waals surface area (Å²) >= 11 is 0. The average Bonchev–Trinajstić information content (AvgIpc) is 2.97. The molecule has 2 aromatic heterocycles. The highest BCUT2D eigenvalue weighted by atomic mass is 32.2. The molecule has 1 aromatic carbocycles. The minimum atomic E-state index is -3.69. The van der Waals surface area contributed by atoms with Gasteiger partial charge in [0.05, 0.1) is 17.1 Å². The molecule has 0 aliphatic heterocycles. The molecule has 0 aliphatic rings. The second-order valence-corrected chi connectivity index (χ2v) is 8.93. The lowest BCUT2D eigenvalue weighted by molar-refractivity contribution is 0.541. The summed E-state index contributed by atoms with van der Waals surface area (Å²) in [6, 6.07) is 8.44. The van der Waals surface area contributed by atoms with E-state index in [2.05, 4.69) is 14.9 Å². The van der Waals surface area contributed by atoms with Gasteiger partial charge in [-0.1, -0.05) is 6.07 Å². The molecule has 0 amide bonds. The molecule has 0 saturated carbocycles. The number of aromatic nitrogens is 4. The molecular weight excluding hydrogens is 390 g/mol. The highest BCUT2D eigenvalue weighted by molar-refractivity contribution is 7.89. The van der Waals surface area contributed by atoms with Gasteiger partial charge in [0, 0.05) is 18.3 Å². The standard InChI is InChI=1S/C20H25N5O3S/c1-13-10-15(3)18(11-14(13)2)29(27,28)21-8-9-24-20(26)7-6-19(23-24)25-17(5)12-16(4)22-25/h6-7,10-12,21H,8-9H2,1-5H3. The van der Waals surface area contributed by atoms with Gasteiger partial charge in [-0.3, -0.25) is 4.79 Å². The Kier molecular flexibility index (Phi) is 5.72. The van der Waals surface area contributed by atoms with E-state index in [1.54, 1.807) is 23.7 Å². The van der Waals surface area contributed by atoms with Crippen LogP contribution in [0.15, 0.2) is 40.0 Å². The fraction of sp³-hybridized carbons (Fsp3) is 0.350. The van der Waals surface area contributed by atoms with E-state index >= 15 is 0 Å². The zero-order valence-electron chi connectivity index (χ0n) is 17.2. The van der Waals surface area contributed by atoms with Crippen molar-refractivity contribution < 1.29 is 8.42 Å². The summed E-state index contributed by atoms with van der Waals surface area (Å²) in [4.78, 5) is 12.4. The lowest BCUT2D eigenvalue weighted by Gasteiger charge is -2.12. The molecule has 9 heteroatoms.